The summed E-state index contributed by atoms with van der Waals surface area (Å²) in [4.78, 5) is 16.3. The van der Waals surface area contributed by atoms with Crippen LogP contribution in [0.4, 0.5) is 23.4 Å². The van der Waals surface area contributed by atoms with Crippen LogP contribution in [0, 0.1) is 0 Å². The molecule has 5 rings (SSSR count). The smallest absolute Gasteiger partial charge is 0.448 e. The third-order valence-electron chi connectivity index (χ3n) is 6.85. The molecule has 2 N–H and O–H groups in total. The Bertz CT molecular complexity index is 1200. The molecule has 1 aliphatic heterocycles. The molecule has 1 heterocycles. The van der Waals surface area contributed by atoms with E-state index >= 15 is 0 Å². The van der Waals surface area contributed by atoms with Crippen LogP contribution < -0.4 is 67.5 Å². The van der Waals surface area contributed by atoms with Gasteiger partial charge in [0.2, 0.25) is 0 Å². The van der Waals surface area contributed by atoms with Crippen LogP contribution in [0.2, 0.25) is 0 Å². The van der Waals surface area contributed by atoms with Gasteiger partial charge in [-0.05, 0) is 33.9 Å². The average molecular weight is 519 g/mol. The Kier molecular flexibility index (Phi) is 8.53. The van der Waals surface area contributed by atoms with Gasteiger partial charge in [0.15, 0.2) is 0 Å². The first-order chi connectivity index (χ1) is 16.8. The topological polar surface area (TPSA) is 58.8 Å². The van der Waals surface area contributed by atoms with Crippen molar-refractivity contribution in [1.29, 1.82) is 0 Å². The van der Waals surface area contributed by atoms with Crippen molar-refractivity contribution in [2.75, 3.05) is 37.7 Å². The van der Waals surface area contributed by atoms with Gasteiger partial charge in [-0.2, -0.15) is 0 Å². The zero-order valence-corrected chi connectivity index (χ0v) is 23.3. The molecule has 1 saturated heterocycles. The predicted octanol–water partition coefficient (Wildman–Crippen LogP) is 1.27. The Morgan fingerprint density at radius 2 is 1.50 bits per heavy atom. The van der Waals surface area contributed by atoms with E-state index in [9.17, 15) is 17.7 Å². The number of anilines is 1. The van der Waals surface area contributed by atoms with Gasteiger partial charge >= 0.3 is 64.5 Å². The first-order valence-electron chi connectivity index (χ1n) is 11.7. The SMILES string of the molecule is NCc1cc(N2CCN(C(=O)OCC3c4ccccc4-c4ccccc43)CC2)cc([B-](F)(F)F)c1.[K+]. The van der Waals surface area contributed by atoms with Gasteiger partial charge in [-0.15, -0.1) is 5.46 Å². The first kappa shape index (κ1) is 27.2. The third-order valence-corrected chi connectivity index (χ3v) is 6.85. The number of benzene rings is 3. The molecule has 0 bridgehead atoms. The number of nitrogens with zero attached hydrogens (tertiary/aromatic N) is 2. The minimum absolute atomic E-state index is 0. The van der Waals surface area contributed by atoms with Crippen molar-refractivity contribution in [2.45, 2.75) is 12.5 Å². The number of hydrogen-bond acceptors (Lipinski definition) is 4. The molecule has 5 nitrogen and oxygen atoms in total. The van der Waals surface area contributed by atoms with Gasteiger partial charge in [-0.25, -0.2) is 4.79 Å². The Morgan fingerprint density at radius 3 is 2.06 bits per heavy atom. The molecule has 1 aliphatic carbocycles. The van der Waals surface area contributed by atoms with Crippen LogP contribution in [-0.4, -0.2) is 50.8 Å². The van der Waals surface area contributed by atoms with Crippen molar-refractivity contribution in [2.24, 2.45) is 5.73 Å². The summed E-state index contributed by atoms with van der Waals surface area (Å²) in [5.74, 6) is -0.0192. The summed E-state index contributed by atoms with van der Waals surface area (Å²) in [6.45, 7) is -3.27. The summed E-state index contributed by atoms with van der Waals surface area (Å²) in [5.41, 5.74) is 10.5. The molecule has 1 amide bonds. The van der Waals surface area contributed by atoms with E-state index in [0.29, 0.717) is 37.4 Å². The summed E-state index contributed by atoms with van der Waals surface area (Å²) in [6, 6.07) is 20.3. The molecule has 10 heteroatoms. The predicted molar refractivity (Wildman–Crippen MR) is 132 cm³/mol. The van der Waals surface area contributed by atoms with Gasteiger partial charge in [0, 0.05) is 44.3 Å². The molecule has 3 aromatic carbocycles. The molecule has 182 valence electrons. The number of fused-ring (bicyclic) bond motifs is 3. The quantitative estimate of drug-likeness (QED) is 0.517. The maximum atomic E-state index is 13.4. The number of carbonyl (C=O) groups excluding carboxylic acids is 1. The Labute approximate surface area is 251 Å². The van der Waals surface area contributed by atoms with Gasteiger partial charge in [-0.3, -0.25) is 0 Å². The molecule has 0 spiro atoms. The summed E-state index contributed by atoms with van der Waals surface area (Å²) >= 11 is 0. The van der Waals surface area contributed by atoms with E-state index in [0.717, 1.165) is 28.3 Å². The van der Waals surface area contributed by atoms with Crippen LogP contribution in [0.3, 0.4) is 0 Å². The largest absolute Gasteiger partial charge is 1.00 e. The number of carbonyl (C=O) groups is 1. The molecule has 3 aromatic rings. The Hall–Kier alpha value is -1.82. The van der Waals surface area contributed by atoms with Crippen molar-refractivity contribution in [3.05, 3.63) is 83.4 Å². The van der Waals surface area contributed by atoms with E-state index in [-0.39, 0.29) is 70.5 Å². The minimum Gasteiger partial charge on any atom is -0.448 e. The molecule has 36 heavy (non-hydrogen) atoms. The molecule has 0 aromatic heterocycles. The van der Waals surface area contributed by atoms with Gasteiger partial charge < -0.3 is 33.2 Å². The number of halogens is 3. The van der Waals surface area contributed by atoms with Crippen LogP contribution in [0.5, 0.6) is 0 Å². The molecule has 1 fully saturated rings. The molecular formula is C26H26BF3KN3O2. The van der Waals surface area contributed by atoms with Gasteiger partial charge in [0.05, 0.1) is 0 Å². The van der Waals surface area contributed by atoms with Crippen LogP contribution in [-0.2, 0) is 11.3 Å². The normalized spacial score (nSPS) is 15.2. The van der Waals surface area contributed by atoms with Crippen LogP contribution >= 0.6 is 0 Å². The number of hydrogen-bond donors (Lipinski definition) is 1. The fraction of sp³-hybridized carbons (Fsp3) is 0.269. The standard InChI is InChI=1S/C26H26BF3N3O2.K/c28-27(29,30)19-13-18(16-31)14-20(15-19)32-9-11-33(12-10-32)26(34)35-17-25-23-7-3-1-5-21(23)22-6-2-4-8-24(22)25;/h1-8,13-15,25H,9-12,16-17,31H2;/q-1;+1. The second kappa shape index (κ2) is 11.3. The fourth-order valence-corrected chi connectivity index (χ4v) is 5.02. The van der Waals surface area contributed by atoms with E-state index in [1.807, 2.05) is 29.2 Å². The number of amides is 1. The van der Waals surface area contributed by atoms with Gasteiger partial charge in [-0.1, -0.05) is 60.7 Å². The minimum atomic E-state index is -5.12. The zero-order chi connectivity index (χ0) is 24.6. The zero-order valence-electron chi connectivity index (χ0n) is 20.2. The third kappa shape index (κ3) is 5.54. The van der Waals surface area contributed by atoms with E-state index in [2.05, 4.69) is 24.3 Å². The van der Waals surface area contributed by atoms with Crippen molar-refractivity contribution >= 4 is 24.2 Å². The van der Waals surface area contributed by atoms with Crippen LogP contribution in [0.25, 0.3) is 11.1 Å². The van der Waals surface area contributed by atoms with Gasteiger partial charge in [0.25, 0.3) is 0 Å². The number of ether oxygens (including phenoxy) is 1. The molecule has 0 unspecified atom stereocenters. The number of rotatable bonds is 5. The average Bonchev–Trinajstić information content (AvgIpc) is 3.20. The summed E-state index contributed by atoms with van der Waals surface area (Å²) in [7, 11) is 0. The second-order valence-electron chi connectivity index (χ2n) is 8.99. The molecular weight excluding hydrogens is 493 g/mol. The monoisotopic (exact) mass is 519 g/mol. The Morgan fingerprint density at radius 1 is 0.917 bits per heavy atom. The molecule has 0 saturated carbocycles. The van der Waals surface area contributed by atoms with Crippen molar-refractivity contribution in [3.63, 3.8) is 0 Å². The maximum Gasteiger partial charge on any atom is 1.00 e. The van der Waals surface area contributed by atoms with E-state index in [1.165, 1.54) is 6.07 Å². The first-order valence-corrected chi connectivity index (χ1v) is 11.7. The Balaban J connectivity index is 0.00000304. The van der Waals surface area contributed by atoms with E-state index in [1.54, 1.807) is 11.0 Å². The van der Waals surface area contributed by atoms with Crippen LogP contribution in [0.15, 0.2) is 66.7 Å². The van der Waals surface area contributed by atoms with Crippen molar-refractivity contribution in [1.82, 2.24) is 4.90 Å². The number of nitrogens with two attached hydrogens (primary N) is 1. The van der Waals surface area contributed by atoms with Gasteiger partial charge in [0.1, 0.15) is 6.61 Å². The molecule has 0 atom stereocenters. The van der Waals surface area contributed by atoms with Crippen molar-refractivity contribution < 1.29 is 73.9 Å². The molecule has 0 radical (unpaired) electrons. The maximum absolute atomic E-state index is 13.4. The van der Waals surface area contributed by atoms with Crippen LogP contribution in [0.1, 0.15) is 22.6 Å². The molecule has 2 aliphatic rings. The second-order valence-corrected chi connectivity index (χ2v) is 8.99. The summed E-state index contributed by atoms with van der Waals surface area (Å²) in [6.07, 6.45) is -0.401. The fourth-order valence-electron chi connectivity index (χ4n) is 5.02. The van der Waals surface area contributed by atoms with Crippen molar-refractivity contribution in [3.8, 4) is 11.1 Å². The summed E-state index contributed by atoms with van der Waals surface area (Å²) < 4.78 is 45.8. The summed E-state index contributed by atoms with van der Waals surface area (Å²) in [5, 5.41) is 0. The van der Waals surface area contributed by atoms with E-state index in [4.69, 9.17) is 10.5 Å². The number of piperazine rings is 1. The van der Waals surface area contributed by atoms with E-state index < -0.39 is 18.5 Å².